The van der Waals surface area contributed by atoms with Gasteiger partial charge in [0, 0.05) is 12.1 Å². The first-order valence-electron chi connectivity index (χ1n) is 3.56. The Morgan fingerprint density at radius 1 is 1.54 bits per heavy atom. The van der Waals surface area contributed by atoms with Crippen molar-refractivity contribution in [1.82, 2.24) is 4.98 Å². The van der Waals surface area contributed by atoms with Crippen LogP contribution in [0.2, 0.25) is 0 Å². The molecule has 0 amide bonds. The highest BCUT2D eigenvalue weighted by atomic mass is 35.5. The third kappa shape index (κ3) is 1.94. The molecule has 0 radical (unpaired) electrons. The molecule has 1 aromatic rings. The highest BCUT2D eigenvalue weighted by Gasteiger charge is 2.19. The van der Waals surface area contributed by atoms with Gasteiger partial charge in [-0.25, -0.2) is 13.2 Å². The molecule has 0 spiro atoms. The number of aryl methyl sites for hydroxylation is 1. The average molecular weight is 210 g/mol. The Labute approximate surface area is 78.5 Å². The van der Waals surface area contributed by atoms with Gasteiger partial charge in [-0.1, -0.05) is 0 Å². The molecule has 0 saturated heterocycles. The molecule has 0 unspecified atom stereocenters. The normalized spacial score (nSPS) is 10.9. The number of hydrogen-bond donors (Lipinski definition) is 0. The Hall–Kier alpha value is -0.770. The summed E-state index contributed by atoms with van der Waals surface area (Å²) in [7, 11) is 0. The number of halogens is 4. The molecule has 0 aliphatic carbocycles. The predicted molar refractivity (Wildman–Crippen MR) is 43.4 cm³/mol. The summed E-state index contributed by atoms with van der Waals surface area (Å²) in [6.07, 6.45) is -1.68. The second kappa shape index (κ2) is 3.96. The van der Waals surface area contributed by atoms with Gasteiger partial charge in [0.05, 0.1) is 11.3 Å². The summed E-state index contributed by atoms with van der Waals surface area (Å²) in [6.45, 7) is 1.33. The van der Waals surface area contributed by atoms with E-state index in [0.29, 0.717) is 0 Å². The van der Waals surface area contributed by atoms with Gasteiger partial charge in [0.25, 0.3) is 6.43 Å². The monoisotopic (exact) mass is 209 g/mol. The summed E-state index contributed by atoms with van der Waals surface area (Å²) in [5.41, 5.74) is -0.633. The molecule has 72 valence electrons. The number of rotatable bonds is 2. The van der Waals surface area contributed by atoms with Crippen LogP contribution in [0.3, 0.4) is 0 Å². The first-order chi connectivity index (χ1) is 6.07. The number of pyridine rings is 1. The van der Waals surface area contributed by atoms with E-state index in [-0.39, 0.29) is 17.1 Å². The quantitative estimate of drug-likeness (QED) is 0.682. The minimum absolute atomic E-state index is 0.0378. The Morgan fingerprint density at radius 2 is 2.15 bits per heavy atom. The van der Waals surface area contributed by atoms with Crippen LogP contribution in [0.25, 0.3) is 0 Å². The maximum absolute atomic E-state index is 13.1. The summed E-state index contributed by atoms with van der Waals surface area (Å²) in [5, 5.41) is 0. The zero-order chi connectivity index (χ0) is 10.0. The number of aromatic nitrogens is 1. The third-order valence-electron chi connectivity index (χ3n) is 1.68. The van der Waals surface area contributed by atoms with Gasteiger partial charge in [-0.15, -0.1) is 11.6 Å². The van der Waals surface area contributed by atoms with E-state index in [1.54, 1.807) is 0 Å². The van der Waals surface area contributed by atoms with Gasteiger partial charge >= 0.3 is 0 Å². The fraction of sp³-hybridized carbons (Fsp3) is 0.375. The van der Waals surface area contributed by atoms with E-state index in [0.717, 1.165) is 0 Å². The molecule has 5 heteroatoms. The summed E-state index contributed by atoms with van der Waals surface area (Å²) in [4.78, 5) is 3.60. The van der Waals surface area contributed by atoms with Gasteiger partial charge < -0.3 is 0 Å². The molecule has 0 aliphatic rings. The molecular weight excluding hydrogens is 203 g/mol. The van der Waals surface area contributed by atoms with Crippen molar-refractivity contribution in [2.24, 2.45) is 0 Å². The fourth-order valence-corrected chi connectivity index (χ4v) is 1.19. The molecular formula is C8H7ClF3N. The number of nitrogens with zero attached hydrogens (tertiary/aromatic N) is 1. The molecule has 0 aliphatic heterocycles. The summed E-state index contributed by atoms with van der Waals surface area (Å²) < 4.78 is 37.8. The second-order valence-corrected chi connectivity index (χ2v) is 2.80. The van der Waals surface area contributed by atoms with E-state index in [9.17, 15) is 13.2 Å². The fourth-order valence-electron chi connectivity index (χ4n) is 0.979. The van der Waals surface area contributed by atoms with Crippen LogP contribution >= 0.6 is 11.6 Å². The zero-order valence-corrected chi connectivity index (χ0v) is 7.58. The maximum Gasteiger partial charge on any atom is 0.267 e. The van der Waals surface area contributed by atoms with Gasteiger partial charge in [-0.3, -0.25) is 4.98 Å². The van der Waals surface area contributed by atoms with Gasteiger partial charge in [0.15, 0.2) is 5.82 Å². The summed E-state index contributed by atoms with van der Waals surface area (Å²) in [6, 6.07) is 0. The smallest absolute Gasteiger partial charge is 0.258 e. The first-order valence-corrected chi connectivity index (χ1v) is 4.09. The van der Waals surface area contributed by atoms with Gasteiger partial charge in [0.1, 0.15) is 0 Å². The molecule has 0 saturated carbocycles. The van der Waals surface area contributed by atoms with Gasteiger partial charge in [-0.2, -0.15) is 0 Å². The van der Waals surface area contributed by atoms with Crippen molar-refractivity contribution in [2.45, 2.75) is 19.2 Å². The molecule has 0 fully saturated rings. The lowest BCUT2D eigenvalue weighted by molar-refractivity contribution is 0.145. The van der Waals surface area contributed by atoms with Crippen LogP contribution in [0.4, 0.5) is 13.2 Å². The lowest BCUT2D eigenvalue weighted by atomic mass is 10.1. The van der Waals surface area contributed by atoms with Crippen molar-refractivity contribution in [3.05, 3.63) is 28.8 Å². The molecule has 0 atom stereocenters. The van der Waals surface area contributed by atoms with Crippen LogP contribution in [-0.4, -0.2) is 4.98 Å². The second-order valence-electron chi connectivity index (χ2n) is 2.53. The molecule has 1 heterocycles. The SMILES string of the molecule is Cc1ncc(CCl)c(C(F)F)c1F. The van der Waals surface area contributed by atoms with Crippen LogP contribution in [0, 0.1) is 12.7 Å². The van der Waals surface area contributed by atoms with E-state index in [1.807, 2.05) is 0 Å². The maximum atomic E-state index is 13.1. The molecule has 0 aromatic carbocycles. The van der Waals surface area contributed by atoms with Crippen LogP contribution in [0.1, 0.15) is 23.2 Å². The third-order valence-corrected chi connectivity index (χ3v) is 1.96. The topological polar surface area (TPSA) is 12.9 Å². The number of alkyl halides is 3. The number of hydrogen-bond acceptors (Lipinski definition) is 1. The molecule has 1 aromatic heterocycles. The van der Waals surface area contributed by atoms with E-state index in [1.165, 1.54) is 13.1 Å². The zero-order valence-electron chi connectivity index (χ0n) is 6.82. The van der Waals surface area contributed by atoms with Crippen molar-refractivity contribution in [3.8, 4) is 0 Å². The van der Waals surface area contributed by atoms with Crippen LogP contribution in [0.15, 0.2) is 6.20 Å². The van der Waals surface area contributed by atoms with Gasteiger partial charge in [-0.05, 0) is 12.5 Å². The molecule has 1 rings (SSSR count). The molecule has 0 bridgehead atoms. The standard InChI is InChI=1S/C8H7ClF3N/c1-4-7(10)6(8(11)12)5(2-9)3-13-4/h3,8H,2H2,1H3. The van der Waals surface area contributed by atoms with Crippen molar-refractivity contribution >= 4 is 11.6 Å². The minimum Gasteiger partial charge on any atom is -0.258 e. The first kappa shape index (κ1) is 10.3. The lowest BCUT2D eigenvalue weighted by Crippen LogP contribution is -2.01. The molecule has 0 N–H and O–H groups in total. The molecule has 13 heavy (non-hydrogen) atoms. The van der Waals surface area contributed by atoms with E-state index in [2.05, 4.69) is 4.98 Å². The van der Waals surface area contributed by atoms with Crippen molar-refractivity contribution in [3.63, 3.8) is 0 Å². The highest BCUT2D eigenvalue weighted by Crippen LogP contribution is 2.27. The minimum atomic E-state index is -2.85. The van der Waals surface area contributed by atoms with Crippen molar-refractivity contribution in [2.75, 3.05) is 0 Å². The van der Waals surface area contributed by atoms with Gasteiger partial charge in [0.2, 0.25) is 0 Å². The van der Waals surface area contributed by atoms with E-state index >= 15 is 0 Å². The Kier molecular flexibility index (Phi) is 3.14. The average Bonchev–Trinajstić information content (AvgIpc) is 2.08. The molecule has 1 nitrogen and oxygen atoms in total. The van der Waals surface area contributed by atoms with Crippen LogP contribution in [-0.2, 0) is 5.88 Å². The van der Waals surface area contributed by atoms with Crippen molar-refractivity contribution < 1.29 is 13.2 Å². The Bertz CT molecular complexity index is 315. The summed E-state index contributed by atoms with van der Waals surface area (Å²) >= 11 is 5.36. The lowest BCUT2D eigenvalue weighted by Gasteiger charge is -2.08. The predicted octanol–water partition coefficient (Wildman–Crippen LogP) is 3.21. The highest BCUT2D eigenvalue weighted by molar-refractivity contribution is 6.17. The van der Waals surface area contributed by atoms with Crippen LogP contribution < -0.4 is 0 Å². The van der Waals surface area contributed by atoms with Crippen molar-refractivity contribution in [1.29, 1.82) is 0 Å². The summed E-state index contributed by atoms with van der Waals surface area (Å²) in [5.74, 6) is -1.13. The Morgan fingerprint density at radius 3 is 2.62 bits per heavy atom. The van der Waals surface area contributed by atoms with Crippen LogP contribution in [0.5, 0.6) is 0 Å². The largest absolute Gasteiger partial charge is 0.267 e. The van der Waals surface area contributed by atoms with E-state index < -0.39 is 17.8 Å². The van der Waals surface area contributed by atoms with E-state index in [4.69, 9.17) is 11.6 Å². The Balaban J connectivity index is 3.32.